The third-order valence-electron chi connectivity index (χ3n) is 3.65. The summed E-state index contributed by atoms with van der Waals surface area (Å²) in [6.45, 7) is 2.26. The van der Waals surface area contributed by atoms with E-state index in [1.807, 2.05) is 0 Å². The van der Waals surface area contributed by atoms with Crippen molar-refractivity contribution in [2.24, 2.45) is 0 Å². The van der Waals surface area contributed by atoms with E-state index in [1.165, 1.54) is 70.6 Å². The summed E-state index contributed by atoms with van der Waals surface area (Å²) in [6, 6.07) is 0. The van der Waals surface area contributed by atoms with Crippen molar-refractivity contribution in [3.8, 4) is 0 Å². The molecule has 0 aliphatic heterocycles. The van der Waals surface area contributed by atoms with Gasteiger partial charge in [0.25, 0.3) is 0 Å². The van der Waals surface area contributed by atoms with Crippen molar-refractivity contribution >= 4 is 5.97 Å². The third-order valence-corrected chi connectivity index (χ3v) is 3.65. The maximum absolute atomic E-state index is 10.3. The monoisotopic (exact) mass is 337 g/mol. The Bertz CT molecular complexity index is 239. The Labute approximate surface area is 142 Å². The Balaban J connectivity index is 0. The van der Waals surface area contributed by atoms with Gasteiger partial charge in [-0.1, -0.05) is 70.4 Å². The van der Waals surface area contributed by atoms with E-state index in [9.17, 15) is 4.79 Å². The zero-order valence-electron chi connectivity index (χ0n) is 13.8. The predicted molar refractivity (Wildman–Crippen MR) is 87.1 cm³/mol. The molecule has 1 radical (unpaired) electrons. The van der Waals surface area contributed by atoms with Gasteiger partial charge in [-0.15, -0.1) is 0 Å². The number of carboxylic acids is 1. The molecule has 1 N–H and O–H groups in total. The number of hydrogen-bond acceptors (Lipinski definition) is 1. The smallest absolute Gasteiger partial charge is 0.303 e. The minimum Gasteiger partial charge on any atom is -0.481 e. The molecule has 0 saturated carbocycles. The number of aliphatic carboxylic acids is 1. The molecule has 2 nitrogen and oxygen atoms in total. The van der Waals surface area contributed by atoms with Crippen LogP contribution in [0.15, 0.2) is 12.2 Å². The second-order valence-electron chi connectivity index (χ2n) is 5.73. The molecular weight excluding hydrogens is 303 g/mol. The number of carbonyl (C=O) groups is 1. The molecule has 0 heterocycles. The van der Waals surface area contributed by atoms with Gasteiger partial charge in [0.15, 0.2) is 0 Å². The maximum atomic E-state index is 10.3. The van der Waals surface area contributed by atoms with Crippen molar-refractivity contribution < 1.29 is 27.0 Å². The number of unbranched alkanes of at least 4 members (excludes halogenated alkanes) is 11. The van der Waals surface area contributed by atoms with Crippen LogP contribution in [0.1, 0.15) is 96.8 Å². The van der Waals surface area contributed by atoms with E-state index >= 15 is 0 Å². The molecule has 0 spiro atoms. The van der Waals surface area contributed by atoms with Gasteiger partial charge in [0.1, 0.15) is 0 Å². The number of allylic oxidation sites excluding steroid dienone is 2. The van der Waals surface area contributed by atoms with Crippen molar-refractivity contribution in [3.05, 3.63) is 12.2 Å². The van der Waals surface area contributed by atoms with E-state index in [4.69, 9.17) is 5.11 Å². The van der Waals surface area contributed by atoms with Crippen LogP contribution < -0.4 is 0 Å². The van der Waals surface area contributed by atoms with Gasteiger partial charge in [0, 0.05) is 23.5 Å². The minimum absolute atomic E-state index is 0. The quantitative estimate of drug-likeness (QED) is 0.222. The summed E-state index contributed by atoms with van der Waals surface area (Å²) in [7, 11) is 0. The van der Waals surface area contributed by atoms with Crippen LogP contribution >= 0.6 is 0 Å². The first-order valence-corrected chi connectivity index (χ1v) is 8.64. The number of hydrogen-bond donors (Lipinski definition) is 1. The molecule has 0 atom stereocenters. The molecule has 0 unspecified atom stereocenters. The summed E-state index contributed by atoms with van der Waals surface area (Å²) in [4.78, 5) is 10.3. The van der Waals surface area contributed by atoms with E-state index in [-0.39, 0.29) is 17.1 Å². The standard InChI is InChI=1S/C18H34O2.Mn/c1-2-3-4-5-6-7-8-9-10-11-12-13-14-15-16-17-18(19)20;/h9-10H,2-8,11-17H2,1H3,(H,19,20);/b10-9+;. The fourth-order valence-electron chi connectivity index (χ4n) is 2.35. The molecule has 3 heteroatoms. The molecule has 0 saturated heterocycles. The van der Waals surface area contributed by atoms with E-state index in [0.717, 1.165) is 12.8 Å². The summed E-state index contributed by atoms with van der Waals surface area (Å²) >= 11 is 0. The summed E-state index contributed by atoms with van der Waals surface area (Å²) in [6.07, 6.45) is 21.2. The zero-order valence-corrected chi connectivity index (χ0v) is 15.0. The molecule has 0 fully saturated rings. The molecule has 0 aliphatic carbocycles. The Kier molecular flexibility index (Phi) is 21.6. The van der Waals surface area contributed by atoms with Crippen molar-refractivity contribution in [1.82, 2.24) is 0 Å². The van der Waals surface area contributed by atoms with Gasteiger partial charge in [-0.25, -0.2) is 0 Å². The van der Waals surface area contributed by atoms with Crippen LogP contribution in [-0.2, 0) is 21.9 Å². The summed E-state index contributed by atoms with van der Waals surface area (Å²) in [5, 5.41) is 8.51. The molecule has 125 valence electrons. The fourth-order valence-corrected chi connectivity index (χ4v) is 2.35. The summed E-state index contributed by atoms with van der Waals surface area (Å²) < 4.78 is 0. The molecule has 0 rings (SSSR count). The molecule has 21 heavy (non-hydrogen) atoms. The first kappa shape index (κ1) is 23.0. The van der Waals surface area contributed by atoms with Crippen LogP contribution in [0.4, 0.5) is 0 Å². The fraction of sp³-hybridized carbons (Fsp3) is 0.833. The SMILES string of the molecule is CCCCCCCC/C=C/CCCCCCCC(=O)O.[Mn]. The van der Waals surface area contributed by atoms with Crippen LogP contribution in [0.25, 0.3) is 0 Å². The normalized spacial score (nSPS) is 10.7. The van der Waals surface area contributed by atoms with Gasteiger partial charge in [-0.05, 0) is 32.1 Å². The van der Waals surface area contributed by atoms with Crippen LogP contribution in [0.5, 0.6) is 0 Å². The van der Waals surface area contributed by atoms with Gasteiger partial charge < -0.3 is 5.11 Å². The van der Waals surface area contributed by atoms with Crippen molar-refractivity contribution in [1.29, 1.82) is 0 Å². The van der Waals surface area contributed by atoms with Crippen molar-refractivity contribution in [2.75, 3.05) is 0 Å². The van der Waals surface area contributed by atoms with E-state index in [1.54, 1.807) is 0 Å². The van der Waals surface area contributed by atoms with E-state index in [0.29, 0.717) is 6.42 Å². The molecule has 0 aromatic rings. The molecule has 0 aromatic carbocycles. The van der Waals surface area contributed by atoms with E-state index in [2.05, 4.69) is 19.1 Å². The molecular formula is C18H34MnO2. The molecule has 0 aromatic heterocycles. The summed E-state index contributed by atoms with van der Waals surface area (Å²) in [5.74, 6) is -0.664. The largest absolute Gasteiger partial charge is 0.481 e. The Morgan fingerprint density at radius 1 is 0.762 bits per heavy atom. The van der Waals surface area contributed by atoms with Gasteiger partial charge in [0.05, 0.1) is 0 Å². The van der Waals surface area contributed by atoms with E-state index < -0.39 is 5.97 Å². The summed E-state index contributed by atoms with van der Waals surface area (Å²) in [5.41, 5.74) is 0. The van der Waals surface area contributed by atoms with Crippen LogP contribution in [-0.4, -0.2) is 11.1 Å². The van der Waals surface area contributed by atoms with Crippen LogP contribution in [0, 0.1) is 0 Å². The predicted octanol–water partition coefficient (Wildman–Crippen LogP) is 6.11. The second kappa shape index (κ2) is 19.7. The minimum atomic E-state index is -0.664. The van der Waals surface area contributed by atoms with Crippen molar-refractivity contribution in [3.63, 3.8) is 0 Å². The maximum Gasteiger partial charge on any atom is 0.303 e. The molecule has 0 amide bonds. The van der Waals surface area contributed by atoms with Gasteiger partial charge in [-0.2, -0.15) is 0 Å². The topological polar surface area (TPSA) is 37.3 Å². The first-order chi connectivity index (χ1) is 9.77. The van der Waals surface area contributed by atoms with Crippen molar-refractivity contribution in [2.45, 2.75) is 96.8 Å². The zero-order chi connectivity index (χ0) is 14.9. The van der Waals surface area contributed by atoms with Gasteiger partial charge in [0.2, 0.25) is 0 Å². The second-order valence-corrected chi connectivity index (χ2v) is 5.73. The average Bonchev–Trinajstić information content (AvgIpc) is 2.43. The Hall–Kier alpha value is -0.271. The number of rotatable bonds is 15. The van der Waals surface area contributed by atoms with Crippen LogP contribution in [0.2, 0.25) is 0 Å². The first-order valence-electron chi connectivity index (χ1n) is 8.64. The van der Waals surface area contributed by atoms with Gasteiger partial charge in [-0.3, -0.25) is 4.79 Å². The average molecular weight is 337 g/mol. The molecule has 0 bridgehead atoms. The third kappa shape index (κ3) is 22.2. The van der Waals surface area contributed by atoms with Crippen LogP contribution in [0.3, 0.4) is 0 Å². The van der Waals surface area contributed by atoms with Gasteiger partial charge >= 0.3 is 5.97 Å². The molecule has 0 aliphatic rings. The number of carboxylic acid groups (broad SMARTS) is 1. The Morgan fingerprint density at radius 3 is 1.67 bits per heavy atom. The Morgan fingerprint density at radius 2 is 1.19 bits per heavy atom.